The van der Waals surface area contributed by atoms with Crippen LogP contribution in [0.1, 0.15) is 13.3 Å². The van der Waals surface area contributed by atoms with E-state index in [4.69, 9.17) is 39.4 Å². The van der Waals surface area contributed by atoms with Crippen molar-refractivity contribution in [3.8, 4) is 0 Å². The van der Waals surface area contributed by atoms with Crippen LogP contribution in [0.25, 0.3) is 0 Å². The number of hydrogen-bond donors (Lipinski definition) is 2. The molecule has 1 aliphatic heterocycles. The van der Waals surface area contributed by atoms with E-state index in [0.29, 0.717) is 28.2 Å². The topological polar surface area (TPSA) is 76.9 Å². The number of allylic oxidation sites excluding steroid dienone is 1. The van der Waals surface area contributed by atoms with Gasteiger partial charge < -0.3 is 16.2 Å². The van der Waals surface area contributed by atoms with Crippen molar-refractivity contribution in [3.63, 3.8) is 0 Å². The summed E-state index contributed by atoms with van der Waals surface area (Å²) < 4.78 is 5.52. The number of rotatable bonds is 6. The van der Waals surface area contributed by atoms with Gasteiger partial charge in [0.2, 0.25) is 0 Å². The van der Waals surface area contributed by atoms with Gasteiger partial charge in [-0.1, -0.05) is 23.2 Å². The molecular formula is C16H22Cl2N4O. The number of ether oxygens (including phenoxy) is 1. The maximum absolute atomic E-state index is 5.96. The van der Waals surface area contributed by atoms with Gasteiger partial charge in [-0.2, -0.15) is 0 Å². The lowest BCUT2D eigenvalue weighted by molar-refractivity contribution is 0.169. The summed E-state index contributed by atoms with van der Waals surface area (Å²) in [6, 6.07) is 5.48. The molecule has 1 aromatic carbocycles. The third-order valence-corrected chi connectivity index (χ3v) is 4.28. The summed E-state index contributed by atoms with van der Waals surface area (Å²) in [5.41, 5.74) is 13.2. The molecule has 0 bridgehead atoms. The van der Waals surface area contributed by atoms with Crippen molar-refractivity contribution < 1.29 is 4.74 Å². The highest BCUT2D eigenvalue weighted by molar-refractivity contribution is 6.42. The highest BCUT2D eigenvalue weighted by atomic mass is 35.5. The van der Waals surface area contributed by atoms with Gasteiger partial charge in [-0.05, 0) is 38.1 Å². The Morgan fingerprint density at radius 1 is 1.43 bits per heavy atom. The molecule has 1 saturated heterocycles. The van der Waals surface area contributed by atoms with Crippen LogP contribution in [0.15, 0.2) is 35.2 Å². The summed E-state index contributed by atoms with van der Waals surface area (Å²) in [4.78, 5) is 6.68. The van der Waals surface area contributed by atoms with Crippen molar-refractivity contribution in [3.05, 3.63) is 40.2 Å². The Labute approximate surface area is 146 Å². The molecule has 1 fully saturated rings. The Morgan fingerprint density at radius 2 is 2.22 bits per heavy atom. The first-order valence-corrected chi connectivity index (χ1v) is 8.28. The van der Waals surface area contributed by atoms with Crippen LogP contribution in [-0.2, 0) is 4.74 Å². The van der Waals surface area contributed by atoms with Crippen molar-refractivity contribution in [1.82, 2.24) is 4.90 Å². The summed E-state index contributed by atoms with van der Waals surface area (Å²) in [6.07, 6.45) is 2.74. The van der Waals surface area contributed by atoms with Gasteiger partial charge in [-0.3, -0.25) is 9.89 Å². The largest absolute Gasteiger partial charge is 0.478 e. The molecule has 1 aromatic rings. The van der Waals surface area contributed by atoms with Gasteiger partial charge in [0.1, 0.15) is 6.61 Å². The van der Waals surface area contributed by atoms with Crippen LogP contribution in [0.4, 0.5) is 5.69 Å². The molecule has 23 heavy (non-hydrogen) atoms. The number of hydrogen-bond acceptors (Lipinski definition) is 5. The van der Waals surface area contributed by atoms with Gasteiger partial charge in [0, 0.05) is 30.9 Å². The van der Waals surface area contributed by atoms with E-state index in [1.54, 1.807) is 24.3 Å². The molecule has 0 spiro atoms. The van der Waals surface area contributed by atoms with Gasteiger partial charge in [0.25, 0.3) is 0 Å². The maximum atomic E-state index is 5.96. The summed E-state index contributed by atoms with van der Waals surface area (Å²) in [5, 5.41) is 0.973. The van der Waals surface area contributed by atoms with Crippen LogP contribution in [0, 0.1) is 0 Å². The second-order valence-electron chi connectivity index (χ2n) is 5.60. The molecule has 0 saturated carbocycles. The molecule has 1 aliphatic rings. The highest BCUT2D eigenvalue weighted by Crippen LogP contribution is 2.26. The fourth-order valence-corrected chi connectivity index (χ4v) is 2.69. The standard InChI is InChI=1S/C16H22Cl2N4O/c1-11(21-13-2-3-14(17)15(18)9-13)8-16(20)23-7-6-22-5-4-12(19)10-22/h2-3,8-9,12H,4-7,10,19-20H2,1H3. The summed E-state index contributed by atoms with van der Waals surface area (Å²) in [6.45, 7) is 5.15. The third-order valence-electron chi connectivity index (χ3n) is 3.54. The van der Waals surface area contributed by atoms with Crippen molar-refractivity contribution in [1.29, 1.82) is 0 Å². The van der Waals surface area contributed by atoms with Gasteiger partial charge in [-0.25, -0.2) is 0 Å². The van der Waals surface area contributed by atoms with E-state index >= 15 is 0 Å². The molecule has 7 heteroatoms. The summed E-state index contributed by atoms with van der Waals surface area (Å²) in [7, 11) is 0. The van der Waals surface area contributed by atoms with Gasteiger partial charge >= 0.3 is 0 Å². The number of benzene rings is 1. The van der Waals surface area contributed by atoms with E-state index in [2.05, 4.69) is 9.89 Å². The minimum atomic E-state index is 0.281. The van der Waals surface area contributed by atoms with Gasteiger partial charge in [0.15, 0.2) is 5.88 Å². The van der Waals surface area contributed by atoms with E-state index < -0.39 is 0 Å². The Bertz CT molecular complexity index is 604. The monoisotopic (exact) mass is 356 g/mol. The molecule has 126 valence electrons. The zero-order chi connectivity index (χ0) is 16.8. The Hall–Kier alpha value is -1.27. The first kappa shape index (κ1) is 18.1. The van der Waals surface area contributed by atoms with Crippen molar-refractivity contribution in [2.75, 3.05) is 26.2 Å². The Balaban J connectivity index is 1.83. The van der Waals surface area contributed by atoms with Crippen LogP contribution >= 0.6 is 23.2 Å². The molecule has 0 aliphatic carbocycles. The number of halogens is 2. The predicted molar refractivity (Wildman–Crippen MR) is 96.5 cm³/mol. The Morgan fingerprint density at radius 3 is 2.87 bits per heavy atom. The van der Waals surface area contributed by atoms with Crippen molar-refractivity contribution >= 4 is 34.6 Å². The third kappa shape index (κ3) is 6.03. The molecule has 1 atom stereocenters. The van der Waals surface area contributed by atoms with E-state index in [9.17, 15) is 0 Å². The normalized spacial score (nSPS) is 20.1. The van der Waals surface area contributed by atoms with Crippen LogP contribution in [0.2, 0.25) is 10.0 Å². The first-order chi connectivity index (χ1) is 10.9. The molecule has 1 unspecified atom stereocenters. The zero-order valence-corrected chi connectivity index (χ0v) is 14.6. The van der Waals surface area contributed by atoms with Crippen LogP contribution in [0.3, 0.4) is 0 Å². The number of aliphatic imine (C=N–C) groups is 1. The molecule has 5 nitrogen and oxygen atoms in total. The lowest BCUT2D eigenvalue weighted by Gasteiger charge is -2.15. The van der Waals surface area contributed by atoms with Crippen LogP contribution < -0.4 is 11.5 Å². The molecule has 0 aromatic heterocycles. The summed E-state index contributed by atoms with van der Waals surface area (Å²) >= 11 is 11.8. The summed E-state index contributed by atoms with van der Waals surface area (Å²) in [5.74, 6) is 0.342. The Kier molecular flexibility index (Phi) is 6.72. The number of nitrogens with two attached hydrogens (primary N) is 2. The molecule has 4 N–H and O–H groups in total. The number of nitrogens with zero attached hydrogens (tertiary/aromatic N) is 2. The van der Waals surface area contributed by atoms with E-state index in [0.717, 1.165) is 31.8 Å². The second kappa shape index (κ2) is 8.55. The highest BCUT2D eigenvalue weighted by Gasteiger charge is 2.18. The zero-order valence-electron chi connectivity index (χ0n) is 13.1. The lowest BCUT2D eigenvalue weighted by Crippen LogP contribution is -2.29. The predicted octanol–water partition coefficient (Wildman–Crippen LogP) is 2.94. The smallest absolute Gasteiger partial charge is 0.185 e. The quantitative estimate of drug-likeness (QED) is 0.606. The number of likely N-dealkylation sites (tertiary alicyclic amines) is 1. The fourth-order valence-electron chi connectivity index (χ4n) is 2.40. The maximum Gasteiger partial charge on any atom is 0.185 e. The van der Waals surface area contributed by atoms with Crippen LogP contribution in [0.5, 0.6) is 0 Å². The first-order valence-electron chi connectivity index (χ1n) is 7.52. The minimum absolute atomic E-state index is 0.281. The van der Waals surface area contributed by atoms with Crippen LogP contribution in [-0.4, -0.2) is 42.9 Å². The van der Waals surface area contributed by atoms with E-state index in [1.807, 2.05) is 6.92 Å². The fraction of sp³-hybridized carbons (Fsp3) is 0.438. The van der Waals surface area contributed by atoms with E-state index in [-0.39, 0.29) is 6.04 Å². The average molecular weight is 357 g/mol. The van der Waals surface area contributed by atoms with E-state index in [1.165, 1.54) is 0 Å². The van der Waals surface area contributed by atoms with Gasteiger partial charge in [0.05, 0.1) is 15.7 Å². The lowest BCUT2D eigenvalue weighted by atomic mass is 10.3. The average Bonchev–Trinajstić information content (AvgIpc) is 2.88. The molecule has 0 radical (unpaired) electrons. The minimum Gasteiger partial charge on any atom is -0.478 e. The SMILES string of the molecule is CC(C=C(N)OCCN1CCC(N)C1)=Nc1ccc(Cl)c(Cl)c1. The van der Waals surface area contributed by atoms with Crippen molar-refractivity contribution in [2.45, 2.75) is 19.4 Å². The second-order valence-corrected chi connectivity index (χ2v) is 6.41. The molecule has 1 heterocycles. The van der Waals surface area contributed by atoms with Gasteiger partial charge in [-0.15, -0.1) is 0 Å². The molecule has 0 amide bonds. The molecular weight excluding hydrogens is 335 g/mol. The molecule has 2 rings (SSSR count). The van der Waals surface area contributed by atoms with Crippen molar-refractivity contribution in [2.24, 2.45) is 16.5 Å².